The number of aliphatic hydroxyl groups is 1. The molecule has 4 heteroatoms. The molecule has 0 bridgehead atoms. The molecule has 2 atom stereocenters. The van der Waals surface area contributed by atoms with Gasteiger partial charge in [0.15, 0.2) is 0 Å². The molecule has 108 valence electrons. The lowest BCUT2D eigenvalue weighted by molar-refractivity contribution is -0.118. The Morgan fingerprint density at radius 1 is 1.20 bits per heavy atom. The number of hydrogen-bond acceptors (Lipinski definition) is 2. The maximum absolute atomic E-state index is 11.9. The van der Waals surface area contributed by atoms with Crippen molar-refractivity contribution in [1.29, 1.82) is 0 Å². The number of carbonyl (C=O) groups is 1. The number of rotatable bonds is 3. The summed E-state index contributed by atoms with van der Waals surface area (Å²) in [5, 5.41) is 13.5. The quantitative estimate of drug-likeness (QED) is 0.664. The van der Waals surface area contributed by atoms with E-state index in [-0.39, 0.29) is 11.9 Å². The fraction of sp³-hybridized carbons (Fsp3) is 0.438. The van der Waals surface area contributed by atoms with Gasteiger partial charge in [0, 0.05) is 11.1 Å². The van der Waals surface area contributed by atoms with Crippen LogP contribution >= 0.6 is 11.6 Å². The van der Waals surface area contributed by atoms with Crippen LogP contribution in [0.4, 0.5) is 0 Å². The second-order valence-corrected chi connectivity index (χ2v) is 5.64. The number of aliphatic hydroxyl groups excluding tert-OH is 1. The molecule has 1 aromatic rings. The Morgan fingerprint density at radius 2 is 1.90 bits per heavy atom. The van der Waals surface area contributed by atoms with E-state index in [4.69, 9.17) is 11.6 Å². The topological polar surface area (TPSA) is 49.3 Å². The molecule has 1 fully saturated rings. The van der Waals surface area contributed by atoms with Gasteiger partial charge in [0.05, 0.1) is 12.1 Å². The van der Waals surface area contributed by atoms with E-state index in [0.29, 0.717) is 5.02 Å². The van der Waals surface area contributed by atoms with Gasteiger partial charge < -0.3 is 10.4 Å². The molecule has 2 unspecified atom stereocenters. The largest absolute Gasteiger partial charge is 0.391 e. The minimum absolute atomic E-state index is 0.125. The average molecular weight is 294 g/mol. The first-order valence-electron chi connectivity index (χ1n) is 7.07. The van der Waals surface area contributed by atoms with E-state index >= 15 is 0 Å². The second kappa shape index (κ2) is 7.46. The fourth-order valence-electron chi connectivity index (χ4n) is 2.43. The summed E-state index contributed by atoms with van der Waals surface area (Å²) in [5.41, 5.74) is 0.922. The molecule has 0 aliphatic heterocycles. The van der Waals surface area contributed by atoms with E-state index in [1.165, 1.54) is 6.08 Å². The Hall–Kier alpha value is -1.32. The second-order valence-electron chi connectivity index (χ2n) is 5.21. The number of carbonyl (C=O) groups excluding carboxylic acids is 1. The van der Waals surface area contributed by atoms with E-state index in [0.717, 1.165) is 37.7 Å². The Morgan fingerprint density at radius 3 is 2.65 bits per heavy atom. The normalized spacial score (nSPS) is 23.5. The molecule has 1 aromatic carbocycles. The van der Waals surface area contributed by atoms with Crippen LogP contribution in [-0.2, 0) is 4.79 Å². The number of hydrogen-bond donors (Lipinski definition) is 2. The maximum Gasteiger partial charge on any atom is 0.244 e. The van der Waals surface area contributed by atoms with E-state index in [1.807, 2.05) is 12.1 Å². The summed E-state index contributed by atoms with van der Waals surface area (Å²) >= 11 is 5.80. The zero-order valence-electron chi connectivity index (χ0n) is 11.4. The van der Waals surface area contributed by atoms with Gasteiger partial charge in [0.2, 0.25) is 5.91 Å². The van der Waals surface area contributed by atoms with E-state index in [2.05, 4.69) is 5.32 Å². The van der Waals surface area contributed by atoms with Gasteiger partial charge in [-0.25, -0.2) is 0 Å². The number of amides is 1. The first-order chi connectivity index (χ1) is 9.65. The maximum atomic E-state index is 11.9. The van der Waals surface area contributed by atoms with Gasteiger partial charge in [0.25, 0.3) is 0 Å². The van der Waals surface area contributed by atoms with Crippen molar-refractivity contribution in [3.63, 3.8) is 0 Å². The van der Waals surface area contributed by atoms with Crippen LogP contribution in [-0.4, -0.2) is 23.2 Å². The van der Waals surface area contributed by atoms with Gasteiger partial charge in [-0.15, -0.1) is 0 Å². The van der Waals surface area contributed by atoms with Gasteiger partial charge in [-0.1, -0.05) is 43.0 Å². The Labute approximate surface area is 124 Å². The van der Waals surface area contributed by atoms with E-state index in [9.17, 15) is 9.90 Å². The first-order valence-corrected chi connectivity index (χ1v) is 7.45. The van der Waals surface area contributed by atoms with E-state index in [1.54, 1.807) is 18.2 Å². The Balaban J connectivity index is 1.89. The van der Waals surface area contributed by atoms with Crippen molar-refractivity contribution >= 4 is 23.6 Å². The van der Waals surface area contributed by atoms with Crippen LogP contribution in [0.3, 0.4) is 0 Å². The lowest BCUT2D eigenvalue weighted by atomic mass is 10.1. The van der Waals surface area contributed by atoms with Crippen molar-refractivity contribution in [1.82, 2.24) is 5.32 Å². The molecule has 1 amide bonds. The predicted molar refractivity (Wildman–Crippen MR) is 81.5 cm³/mol. The highest BCUT2D eigenvalue weighted by Gasteiger charge is 2.22. The van der Waals surface area contributed by atoms with Crippen LogP contribution in [0, 0.1) is 0 Å². The van der Waals surface area contributed by atoms with Crippen molar-refractivity contribution in [2.75, 3.05) is 0 Å². The molecule has 2 N–H and O–H groups in total. The number of benzene rings is 1. The van der Waals surface area contributed by atoms with Gasteiger partial charge in [-0.3, -0.25) is 4.79 Å². The van der Waals surface area contributed by atoms with Gasteiger partial charge in [-0.05, 0) is 36.6 Å². The van der Waals surface area contributed by atoms with Crippen LogP contribution in [0.1, 0.15) is 37.7 Å². The summed E-state index contributed by atoms with van der Waals surface area (Å²) in [6.45, 7) is 0. The standard InChI is InChI=1S/C16H20ClNO2/c17-13-9-6-12(7-10-13)8-11-16(20)18-14-4-2-1-3-5-15(14)19/h6-11,14-15,19H,1-5H2,(H,18,20)/b11-8+. The van der Waals surface area contributed by atoms with Crippen molar-refractivity contribution in [3.05, 3.63) is 40.9 Å². The zero-order valence-corrected chi connectivity index (χ0v) is 12.1. The smallest absolute Gasteiger partial charge is 0.244 e. The van der Waals surface area contributed by atoms with Crippen LogP contribution in [0.25, 0.3) is 6.08 Å². The zero-order chi connectivity index (χ0) is 14.4. The third-order valence-corrected chi connectivity index (χ3v) is 3.86. The summed E-state index contributed by atoms with van der Waals surface area (Å²) in [7, 11) is 0. The van der Waals surface area contributed by atoms with Gasteiger partial charge in [0.1, 0.15) is 0 Å². The first kappa shape index (κ1) is 15.1. The van der Waals surface area contributed by atoms with Crippen molar-refractivity contribution in [2.24, 2.45) is 0 Å². The lowest BCUT2D eigenvalue weighted by Crippen LogP contribution is -2.41. The third-order valence-electron chi connectivity index (χ3n) is 3.60. The lowest BCUT2D eigenvalue weighted by Gasteiger charge is -2.20. The van der Waals surface area contributed by atoms with Crippen molar-refractivity contribution in [2.45, 2.75) is 44.2 Å². The van der Waals surface area contributed by atoms with Gasteiger partial charge >= 0.3 is 0 Å². The molecular weight excluding hydrogens is 274 g/mol. The predicted octanol–water partition coefficient (Wildman–Crippen LogP) is 3.16. The fourth-order valence-corrected chi connectivity index (χ4v) is 2.56. The SMILES string of the molecule is O=C(/C=C/c1ccc(Cl)cc1)NC1CCCCCC1O. The molecule has 0 radical (unpaired) electrons. The Bertz CT molecular complexity index is 470. The van der Waals surface area contributed by atoms with Crippen molar-refractivity contribution < 1.29 is 9.90 Å². The van der Waals surface area contributed by atoms with Crippen LogP contribution in [0.2, 0.25) is 5.02 Å². The molecule has 0 spiro atoms. The molecular formula is C16H20ClNO2. The third kappa shape index (κ3) is 4.66. The molecule has 20 heavy (non-hydrogen) atoms. The molecule has 0 saturated heterocycles. The summed E-state index contributed by atoms with van der Waals surface area (Å²) in [4.78, 5) is 11.9. The Kier molecular flexibility index (Phi) is 5.62. The molecule has 0 aromatic heterocycles. The summed E-state index contributed by atoms with van der Waals surface area (Å²) in [6, 6.07) is 7.15. The highest BCUT2D eigenvalue weighted by Crippen LogP contribution is 2.18. The molecule has 3 nitrogen and oxygen atoms in total. The molecule has 1 aliphatic rings. The summed E-state index contributed by atoms with van der Waals surface area (Å²) < 4.78 is 0. The molecule has 1 saturated carbocycles. The van der Waals surface area contributed by atoms with Crippen LogP contribution < -0.4 is 5.32 Å². The highest BCUT2D eigenvalue weighted by molar-refractivity contribution is 6.30. The van der Waals surface area contributed by atoms with Crippen molar-refractivity contribution in [3.8, 4) is 0 Å². The molecule has 1 aliphatic carbocycles. The van der Waals surface area contributed by atoms with Crippen LogP contribution in [0.15, 0.2) is 30.3 Å². The number of nitrogens with one attached hydrogen (secondary N) is 1. The minimum Gasteiger partial charge on any atom is -0.391 e. The van der Waals surface area contributed by atoms with Gasteiger partial charge in [-0.2, -0.15) is 0 Å². The highest BCUT2D eigenvalue weighted by atomic mass is 35.5. The molecule has 0 heterocycles. The average Bonchev–Trinajstić information content (AvgIpc) is 2.64. The summed E-state index contributed by atoms with van der Waals surface area (Å²) in [6.07, 6.45) is 7.66. The number of halogens is 1. The van der Waals surface area contributed by atoms with Crippen LogP contribution in [0.5, 0.6) is 0 Å². The molecule has 2 rings (SSSR count). The minimum atomic E-state index is -0.426. The summed E-state index contributed by atoms with van der Waals surface area (Å²) in [5.74, 6) is -0.161. The monoisotopic (exact) mass is 293 g/mol. The van der Waals surface area contributed by atoms with E-state index < -0.39 is 6.10 Å².